The molecule has 0 N–H and O–H groups in total. The molecule has 2 rings (SSSR count). The normalized spacial score (nSPS) is 17.3. The summed E-state index contributed by atoms with van der Waals surface area (Å²) in [6, 6.07) is 4.16. The zero-order valence-electron chi connectivity index (χ0n) is 12.0. The second-order valence-corrected chi connectivity index (χ2v) is 5.55. The molecule has 0 bridgehead atoms. The van der Waals surface area contributed by atoms with Crippen LogP contribution >= 0.6 is 0 Å². The Morgan fingerprint density at radius 2 is 2.00 bits per heavy atom. The quantitative estimate of drug-likeness (QED) is 0.555. The van der Waals surface area contributed by atoms with Crippen LogP contribution in [0.4, 0.5) is 4.39 Å². The number of halogens is 1. The Balaban J connectivity index is 1.88. The summed E-state index contributed by atoms with van der Waals surface area (Å²) in [6.45, 7) is 2.15. The van der Waals surface area contributed by atoms with E-state index in [9.17, 15) is 14.0 Å². The number of fused-ring (bicyclic) bond motifs is 1. The minimum absolute atomic E-state index is 0.0168. The first-order valence-electron chi connectivity index (χ1n) is 7.49. The van der Waals surface area contributed by atoms with Gasteiger partial charge in [-0.05, 0) is 36.6 Å². The molecular formula is C17H21FO2. The van der Waals surface area contributed by atoms with Crippen LogP contribution in [0.2, 0.25) is 0 Å². The first-order valence-corrected chi connectivity index (χ1v) is 7.49. The topological polar surface area (TPSA) is 34.1 Å². The summed E-state index contributed by atoms with van der Waals surface area (Å²) in [7, 11) is 0. The van der Waals surface area contributed by atoms with Crippen LogP contribution in [0.3, 0.4) is 0 Å². The lowest BCUT2D eigenvalue weighted by Gasteiger charge is -2.06. The number of hydrogen-bond donors (Lipinski definition) is 0. The Morgan fingerprint density at radius 1 is 1.25 bits per heavy atom. The molecule has 1 aromatic carbocycles. The maximum Gasteiger partial charge on any atom is 0.173 e. The van der Waals surface area contributed by atoms with Gasteiger partial charge in [0.05, 0.1) is 5.92 Å². The van der Waals surface area contributed by atoms with Gasteiger partial charge in [-0.1, -0.05) is 32.6 Å². The van der Waals surface area contributed by atoms with E-state index >= 15 is 0 Å². The van der Waals surface area contributed by atoms with Crippen LogP contribution in [0.15, 0.2) is 18.2 Å². The van der Waals surface area contributed by atoms with Crippen LogP contribution in [0, 0.1) is 11.7 Å². The number of rotatable bonds is 7. The van der Waals surface area contributed by atoms with E-state index in [0.717, 1.165) is 19.3 Å². The molecule has 0 spiro atoms. The third-order valence-electron chi connectivity index (χ3n) is 3.99. The van der Waals surface area contributed by atoms with Crippen LogP contribution in [-0.2, 0) is 11.2 Å². The van der Waals surface area contributed by atoms with Crippen LogP contribution in [0.25, 0.3) is 0 Å². The Labute approximate surface area is 119 Å². The van der Waals surface area contributed by atoms with Gasteiger partial charge in [-0.15, -0.1) is 0 Å². The molecule has 1 atom stereocenters. The summed E-state index contributed by atoms with van der Waals surface area (Å²) in [5, 5.41) is 0. The van der Waals surface area contributed by atoms with Crippen molar-refractivity contribution < 1.29 is 14.0 Å². The highest BCUT2D eigenvalue weighted by Crippen LogP contribution is 2.29. The second-order valence-electron chi connectivity index (χ2n) is 5.55. The predicted octanol–water partition coefficient (Wildman–Crippen LogP) is 4.11. The van der Waals surface area contributed by atoms with Crippen molar-refractivity contribution in [3.63, 3.8) is 0 Å². The molecule has 108 valence electrons. The highest BCUT2D eigenvalue weighted by molar-refractivity contribution is 6.14. The Kier molecular flexibility index (Phi) is 5.05. The summed E-state index contributed by atoms with van der Waals surface area (Å²) in [5.41, 5.74) is 1.20. The van der Waals surface area contributed by atoms with E-state index in [0.29, 0.717) is 24.0 Å². The molecule has 0 saturated carbocycles. The van der Waals surface area contributed by atoms with Gasteiger partial charge in [-0.2, -0.15) is 0 Å². The maximum atomic E-state index is 13.1. The Morgan fingerprint density at radius 3 is 2.75 bits per heavy atom. The van der Waals surface area contributed by atoms with E-state index < -0.39 is 5.92 Å². The van der Waals surface area contributed by atoms with Crippen molar-refractivity contribution in [2.75, 3.05) is 0 Å². The predicted molar refractivity (Wildman–Crippen MR) is 76.3 cm³/mol. The van der Waals surface area contributed by atoms with Crippen molar-refractivity contribution in [2.24, 2.45) is 5.92 Å². The zero-order valence-corrected chi connectivity index (χ0v) is 12.0. The number of Topliss-reactive ketones (excluding diaryl/α,β-unsaturated/α-hetero) is 2. The molecule has 0 aromatic heterocycles. The van der Waals surface area contributed by atoms with Crippen molar-refractivity contribution in [1.29, 1.82) is 0 Å². The number of hydrogen-bond acceptors (Lipinski definition) is 2. The van der Waals surface area contributed by atoms with E-state index in [1.807, 2.05) is 0 Å². The second kappa shape index (κ2) is 6.78. The number of carbonyl (C=O) groups is 2. The molecule has 0 fully saturated rings. The fourth-order valence-corrected chi connectivity index (χ4v) is 2.81. The van der Waals surface area contributed by atoms with Crippen molar-refractivity contribution in [1.82, 2.24) is 0 Å². The molecule has 1 aliphatic carbocycles. The summed E-state index contributed by atoms with van der Waals surface area (Å²) in [5.74, 6) is -1.02. The molecule has 20 heavy (non-hydrogen) atoms. The fourth-order valence-electron chi connectivity index (χ4n) is 2.81. The molecule has 1 unspecified atom stereocenters. The van der Waals surface area contributed by atoms with E-state index in [-0.39, 0.29) is 17.4 Å². The maximum absolute atomic E-state index is 13.1. The van der Waals surface area contributed by atoms with Gasteiger partial charge in [0.2, 0.25) is 0 Å². The largest absolute Gasteiger partial charge is 0.299 e. The van der Waals surface area contributed by atoms with Crippen molar-refractivity contribution >= 4 is 11.6 Å². The molecular weight excluding hydrogens is 255 g/mol. The molecule has 3 heteroatoms. The van der Waals surface area contributed by atoms with E-state index in [4.69, 9.17) is 0 Å². The molecule has 1 aromatic rings. The third kappa shape index (κ3) is 3.33. The number of carbonyl (C=O) groups excluding carboxylic acids is 2. The van der Waals surface area contributed by atoms with Crippen LogP contribution in [0.1, 0.15) is 61.4 Å². The number of unbranched alkanes of at least 4 members (excludes halogenated alkanes) is 4. The highest BCUT2D eigenvalue weighted by Gasteiger charge is 2.35. The lowest BCUT2D eigenvalue weighted by molar-refractivity contribution is -0.121. The van der Waals surface area contributed by atoms with Gasteiger partial charge in [0.1, 0.15) is 11.6 Å². The summed E-state index contributed by atoms with van der Waals surface area (Å²) in [4.78, 5) is 24.3. The summed E-state index contributed by atoms with van der Waals surface area (Å²) >= 11 is 0. The standard InChI is InChI=1S/C17H21FO2/c1-2-3-4-5-6-7-16(19)15-11-12-10-13(18)8-9-14(12)17(15)20/h8-10,15H,2-7,11H2,1H3. The molecule has 0 amide bonds. The van der Waals surface area contributed by atoms with E-state index in [1.165, 1.54) is 31.0 Å². The SMILES string of the molecule is CCCCCCCC(=O)C1Cc2cc(F)ccc2C1=O. The van der Waals surface area contributed by atoms with Gasteiger partial charge in [-0.25, -0.2) is 4.39 Å². The van der Waals surface area contributed by atoms with Gasteiger partial charge >= 0.3 is 0 Å². The van der Waals surface area contributed by atoms with E-state index in [1.54, 1.807) is 0 Å². The molecule has 1 aliphatic rings. The van der Waals surface area contributed by atoms with Gasteiger partial charge < -0.3 is 0 Å². The van der Waals surface area contributed by atoms with Gasteiger partial charge in [0.25, 0.3) is 0 Å². The van der Waals surface area contributed by atoms with Crippen molar-refractivity contribution in [3.8, 4) is 0 Å². The first kappa shape index (κ1) is 14.9. The Bertz CT molecular complexity index is 508. The molecule has 0 saturated heterocycles. The smallest absolute Gasteiger partial charge is 0.173 e. The molecule has 0 aliphatic heterocycles. The van der Waals surface area contributed by atoms with Gasteiger partial charge in [-0.3, -0.25) is 9.59 Å². The number of ketones is 2. The lowest BCUT2D eigenvalue weighted by atomic mass is 9.95. The average Bonchev–Trinajstić information content (AvgIpc) is 2.75. The van der Waals surface area contributed by atoms with Gasteiger partial charge in [0.15, 0.2) is 5.78 Å². The monoisotopic (exact) mass is 276 g/mol. The van der Waals surface area contributed by atoms with Crippen LogP contribution in [-0.4, -0.2) is 11.6 Å². The van der Waals surface area contributed by atoms with Crippen LogP contribution < -0.4 is 0 Å². The molecule has 0 radical (unpaired) electrons. The van der Waals surface area contributed by atoms with Gasteiger partial charge in [0, 0.05) is 12.0 Å². The minimum atomic E-state index is -0.571. The lowest BCUT2D eigenvalue weighted by Crippen LogP contribution is -2.20. The van der Waals surface area contributed by atoms with Crippen molar-refractivity contribution in [2.45, 2.75) is 51.9 Å². The first-order chi connectivity index (χ1) is 9.63. The van der Waals surface area contributed by atoms with E-state index in [2.05, 4.69) is 6.92 Å². The zero-order chi connectivity index (χ0) is 14.5. The minimum Gasteiger partial charge on any atom is -0.299 e. The highest BCUT2D eigenvalue weighted by atomic mass is 19.1. The summed E-state index contributed by atoms with van der Waals surface area (Å²) in [6.07, 6.45) is 6.26. The fraction of sp³-hybridized carbons (Fsp3) is 0.529. The molecule has 0 heterocycles. The number of benzene rings is 1. The molecule has 2 nitrogen and oxygen atoms in total. The third-order valence-corrected chi connectivity index (χ3v) is 3.99. The average molecular weight is 276 g/mol. The van der Waals surface area contributed by atoms with Crippen molar-refractivity contribution in [3.05, 3.63) is 35.1 Å². The summed E-state index contributed by atoms with van der Waals surface area (Å²) < 4.78 is 13.1. The van der Waals surface area contributed by atoms with Crippen LogP contribution in [0.5, 0.6) is 0 Å². The Hall–Kier alpha value is -1.51.